The molecule has 2 aromatic carbocycles. The molecule has 0 saturated carbocycles. The molecule has 3 amide bonds. The van der Waals surface area contributed by atoms with Crippen molar-refractivity contribution in [3.05, 3.63) is 84.3 Å². The van der Waals surface area contributed by atoms with Gasteiger partial charge in [0, 0.05) is 0 Å². The van der Waals surface area contributed by atoms with Gasteiger partial charge in [-0.05, 0) is 29.8 Å². The van der Waals surface area contributed by atoms with Crippen LogP contribution in [-0.4, -0.2) is 31.3 Å². The Morgan fingerprint density at radius 1 is 1.00 bits per heavy atom. The topological polar surface area (TPSA) is 105 Å². The average molecular weight is 392 g/mol. The standard InChI is InChI=1S/C21H20N4O4/c1-28-18-11-6-5-10-16(18)23-21(27)25-24-17(15-8-3-2-4-9-15)14-22-20(26)19-12-7-13-29-19/h2-13H,14H2,1H3,(H,22,26)(H2,23,25,27)/b24-17-. The van der Waals surface area contributed by atoms with Gasteiger partial charge >= 0.3 is 6.03 Å². The lowest BCUT2D eigenvalue weighted by Crippen LogP contribution is -2.32. The number of benzene rings is 2. The highest BCUT2D eigenvalue weighted by atomic mass is 16.5. The van der Waals surface area contributed by atoms with E-state index in [1.54, 1.807) is 36.4 Å². The summed E-state index contributed by atoms with van der Waals surface area (Å²) in [6.45, 7) is 0.0957. The highest BCUT2D eigenvalue weighted by molar-refractivity contribution is 6.05. The number of carbonyl (C=O) groups is 2. The van der Waals surface area contributed by atoms with Crippen LogP contribution in [-0.2, 0) is 0 Å². The van der Waals surface area contributed by atoms with Crippen LogP contribution in [0.5, 0.6) is 5.75 Å². The van der Waals surface area contributed by atoms with Gasteiger partial charge in [0.25, 0.3) is 5.91 Å². The van der Waals surface area contributed by atoms with E-state index in [4.69, 9.17) is 9.15 Å². The lowest BCUT2D eigenvalue weighted by Gasteiger charge is -2.11. The predicted octanol–water partition coefficient (Wildman–Crippen LogP) is 3.24. The highest BCUT2D eigenvalue weighted by Crippen LogP contribution is 2.22. The average Bonchev–Trinajstić information content (AvgIpc) is 3.30. The van der Waals surface area contributed by atoms with Gasteiger partial charge < -0.3 is 19.8 Å². The van der Waals surface area contributed by atoms with Crippen LogP contribution in [0, 0.1) is 0 Å². The molecule has 1 heterocycles. The number of carbonyl (C=O) groups excluding carboxylic acids is 2. The molecule has 29 heavy (non-hydrogen) atoms. The Kier molecular flexibility index (Phi) is 6.62. The SMILES string of the molecule is COc1ccccc1NC(=O)N/N=C(/CNC(=O)c1ccco1)c1ccccc1. The fraction of sp³-hybridized carbons (Fsp3) is 0.0952. The Labute approximate surface area is 167 Å². The number of hydrogen-bond donors (Lipinski definition) is 3. The summed E-state index contributed by atoms with van der Waals surface area (Å²) in [5.41, 5.74) is 4.18. The Balaban J connectivity index is 1.69. The van der Waals surface area contributed by atoms with Crippen LogP contribution in [0.2, 0.25) is 0 Å². The number of ether oxygens (including phenoxy) is 1. The number of hydrazone groups is 1. The summed E-state index contributed by atoms with van der Waals surface area (Å²) in [5.74, 6) is 0.344. The van der Waals surface area contributed by atoms with Crippen LogP contribution < -0.4 is 20.8 Å². The maximum absolute atomic E-state index is 12.3. The predicted molar refractivity (Wildman–Crippen MR) is 109 cm³/mol. The first kappa shape index (κ1) is 19.7. The molecule has 0 aliphatic heterocycles. The largest absolute Gasteiger partial charge is 0.495 e. The van der Waals surface area contributed by atoms with Gasteiger partial charge in [-0.25, -0.2) is 10.2 Å². The summed E-state index contributed by atoms with van der Waals surface area (Å²) in [5, 5.41) is 9.56. The molecule has 0 aliphatic rings. The molecule has 0 spiro atoms. The number of nitrogens with one attached hydrogen (secondary N) is 3. The summed E-state index contributed by atoms with van der Waals surface area (Å²) in [6.07, 6.45) is 1.42. The van der Waals surface area contributed by atoms with Gasteiger partial charge in [-0.15, -0.1) is 0 Å². The minimum absolute atomic E-state index is 0.0957. The van der Waals surface area contributed by atoms with Crippen LogP contribution >= 0.6 is 0 Å². The third kappa shape index (κ3) is 5.46. The summed E-state index contributed by atoms with van der Waals surface area (Å²) in [4.78, 5) is 24.4. The lowest BCUT2D eigenvalue weighted by molar-refractivity contribution is 0.0932. The van der Waals surface area contributed by atoms with E-state index in [9.17, 15) is 9.59 Å². The normalized spacial score (nSPS) is 10.9. The third-order valence-electron chi connectivity index (χ3n) is 3.92. The van der Waals surface area contributed by atoms with Crippen molar-refractivity contribution >= 4 is 23.3 Å². The van der Waals surface area contributed by atoms with E-state index < -0.39 is 6.03 Å². The van der Waals surface area contributed by atoms with E-state index in [0.717, 1.165) is 5.56 Å². The molecule has 3 N–H and O–H groups in total. The van der Waals surface area contributed by atoms with Gasteiger partial charge in [0.1, 0.15) is 5.75 Å². The first-order valence-electron chi connectivity index (χ1n) is 8.81. The second-order valence-corrected chi connectivity index (χ2v) is 5.85. The molecule has 0 fully saturated rings. The molecule has 8 heteroatoms. The fourth-order valence-electron chi connectivity index (χ4n) is 2.51. The molecule has 3 aromatic rings. The van der Waals surface area contributed by atoms with Crippen molar-refractivity contribution in [2.45, 2.75) is 0 Å². The van der Waals surface area contributed by atoms with Crippen LogP contribution in [0.15, 0.2) is 82.5 Å². The number of urea groups is 1. The zero-order valence-corrected chi connectivity index (χ0v) is 15.7. The van der Waals surface area contributed by atoms with Gasteiger partial charge in [0.05, 0.1) is 31.3 Å². The summed E-state index contributed by atoms with van der Waals surface area (Å²) >= 11 is 0. The highest BCUT2D eigenvalue weighted by Gasteiger charge is 2.12. The fourth-order valence-corrected chi connectivity index (χ4v) is 2.51. The molecule has 0 aliphatic carbocycles. The number of rotatable bonds is 7. The van der Waals surface area contributed by atoms with E-state index in [1.807, 2.05) is 30.3 Å². The van der Waals surface area contributed by atoms with Crippen LogP contribution in [0.3, 0.4) is 0 Å². The second kappa shape index (κ2) is 9.75. The van der Waals surface area contributed by atoms with E-state index in [1.165, 1.54) is 13.4 Å². The number of nitrogens with zero attached hydrogens (tertiary/aromatic N) is 1. The van der Waals surface area contributed by atoms with Crippen molar-refractivity contribution in [2.24, 2.45) is 5.10 Å². The van der Waals surface area contributed by atoms with Crippen LogP contribution in [0.1, 0.15) is 16.1 Å². The molecule has 0 bridgehead atoms. The number of methoxy groups -OCH3 is 1. The van der Waals surface area contributed by atoms with E-state index in [2.05, 4.69) is 21.2 Å². The molecule has 148 valence electrons. The molecule has 0 atom stereocenters. The maximum Gasteiger partial charge on any atom is 0.339 e. The zero-order chi connectivity index (χ0) is 20.5. The summed E-state index contributed by atoms with van der Waals surface area (Å²) < 4.78 is 10.3. The molecule has 0 unspecified atom stereocenters. The van der Waals surface area contributed by atoms with Gasteiger partial charge in [0.2, 0.25) is 0 Å². The number of amides is 3. The Morgan fingerprint density at radius 2 is 1.76 bits per heavy atom. The molecular formula is C21H20N4O4. The monoisotopic (exact) mass is 392 g/mol. The lowest BCUT2D eigenvalue weighted by atomic mass is 10.1. The quantitative estimate of drug-likeness (QED) is 0.424. The van der Waals surface area contributed by atoms with E-state index in [0.29, 0.717) is 17.1 Å². The van der Waals surface area contributed by atoms with Crippen LogP contribution in [0.4, 0.5) is 10.5 Å². The van der Waals surface area contributed by atoms with Gasteiger partial charge in [0.15, 0.2) is 5.76 Å². The van der Waals surface area contributed by atoms with Crippen LogP contribution in [0.25, 0.3) is 0 Å². The van der Waals surface area contributed by atoms with Crippen molar-refractivity contribution in [1.29, 1.82) is 0 Å². The maximum atomic E-state index is 12.3. The van der Waals surface area contributed by atoms with E-state index >= 15 is 0 Å². The first-order chi connectivity index (χ1) is 14.2. The van der Waals surface area contributed by atoms with Crippen molar-refractivity contribution in [1.82, 2.24) is 10.7 Å². The molecule has 3 rings (SSSR count). The summed E-state index contributed by atoms with van der Waals surface area (Å²) in [6, 6.07) is 18.9. The Hall–Kier alpha value is -4.07. The first-order valence-corrected chi connectivity index (χ1v) is 8.81. The summed E-state index contributed by atoms with van der Waals surface area (Å²) in [7, 11) is 1.52. The van der Waals surface area contributed by atoms with Gasteiger partial charge in [-0.3, -0.25) is 4.79 Å². The van der Waals surface area contributed by atoms with Crippen molar-refractivity contribution in [3.8, 4) is 5.75 Å². The molecule has 0 saturated heterocycles. The van der Waals surface area contributed by atoms with Crippen molar-refractivity contribution in [3.63, 3.8) is 0 Å². The Morgan fingerprint density at radius 3 is 2.48 bits per heavy atom. The molecule has 8 nitrogen and oxygen atoms in total. The van der Waals surface area contributed by atoms with Gasteiger partial charge in [-0.2, -0.15) is 5.10 Å². The molecular weight excluding hydrogens is 372 g/mol. The molecule has 0 radical (unpaired) electrons. The minimum atomic E-state index is -0.541. The second-order valence-electron chi connectivity index (χ2n) is 5.85. The number of hydrogen-bond acceptors (Lipinski definition) is 5. The minimum Gasteiger partial charge on any atom is -0.495 e. The zero-order valence-electron chi connectivity index (χ0n) is 15.7. The van der Waals surface area contributed by atoms with E-state index in [-0.39, 0.29) is 18.2 Å². The number of para-hydroxylation sites is 2. The van der Waals surface area contributed by atoms with Gasteiger partial charge in [-0.1, -0.05) is 42.5 Å². The molecule has 1 aromatic heterocycles. The Bertz CT molecular complexity index is 985. The number of anilines is 1. The smallest absolute Gasteiger partial charge is 0.339 e. The van der Waals surface area contributed by atoms with Crippen molar-refractivity contribution < 1.29 is 18.7 Å². The number of furan rings is 1. The van der Waals surface area contributed by atoms with Crippen molar-refractivity contribution in [2.75, 3.05) is 19.0 Å². The third-order valence-corrected chi connectivity index (χ3v) is 3.92.